The number of nitrogens with one attached hydrogen (secondary N) is 1. The Morgan fingerprint density at radius 3 is 2.71 bits per heavy atom. The number of aromatic nitrogens is 1. The van der Waals surface area contributed by atoms with E-state index in [4.69, 9.17) is 9.15 Å². The molecule has 170 valence electrons. The molecule has 0 bridgehead atoms. The van der Waals surface area contributed by atoms with Crippen molar-refractivity contribution in [1.82, 2.24) is 14.8 Å². The quantitative estimate of drug-likeness (QED) is 0.626. The molecule has 1 amide bonds. The fourth-order valence-electron chi connectivity index (χ4n) is 3.38. The van der Waals surface area contributed by atoms with E-state index in [0.717, 1.165) is 31.7 Å². The molecule has 1 aliphatic rings. The Labute approximate surface area is 182 Å². The summed E-state index contributed by atoms with van der Waals surface area (Å²) in [6, 6.07) is 4.52. The molecule has 1 atom stereocenters. The predicted octanol–water partition coefficient (Wildman–Crippen LogP) is 2.28. The Bertz CT molecular complexity index is 865. The van der Waals surface area contributed by atoms with Crippen molar-refractivity contribution in [3.8, 4) is 0 Å². The fourth-order valence-corrected chi connectivity index (χ4v) is 3.38. The van der Waals surface area contributed by atoms with Gasteiger partial charge in [-0.25, -0.2) is 9.37 Å². The number of ether oxygens (including phenoxy) is 1. The second kappa shape index (κ2) is 10.8. The first kappa shape index (κ1) is 23.3. The minimum absolute atomic E-state index is 0.107. The highest BCUT2D eigenvalue weighted by Gasteiger charge is 2.22. The molecule has 1 aromatic carbocycles. The lowest BCUT2D eigenvalue weighted by atomic mass is 10.2. The number of aliphatic hydroxyl groups excluding tert-OH is 1. The molecular formula is C22H31FN4O4. The number of hydrogen-bond acceptors (Lipinski definition) is 7. The highest BCUT2D eigenvalue weighted by Crippen LogP contribution is 2.17. The smallest absolute Gasteiger partial charge is 0.277 e. The Balaban J connectivity index is 1.45. The average molecular weight is 435 g/mol. The predicted molar refractivity (Wildman–Crippen MR) is 114 cm³/mol. The minimum atomic E-state index is -0.512. The normalized spacial score (nSPS) is 16.6. The van der Waals surface area contributed by atoms with Crippen LogP contribution in [0.4, 0.5) is 10.1 Å². The summed E-state index contributed by atoms with van der Waals surface area (Å²) in [5.41, 5.74) is 1.08. The number of carbonyl (C=O) groups is 1. The summed E-state index contributed by atoms with van der Waals surface area (Å²) in [6.07, 6.45) is 0.898. The first-order valence-electron chi connectivity index (χ1n) is 10.6. The fraction of sp³-hybridized carbons (Fsp3) is 0.545. The van der Waals surface area contributed by atoms with Gasteiger partial charge in [0.15, 0.2) is 5.69 Å². The molecule has 1 unspecified atom stereocenters. The monoisotopic (exact) mass is 434 g/mol. The molecule has 0 spiro atoms. The second-order valence-corrected chi connectivity index (χ2v) is 8.18. The molecule has 0 aliphatic carbocycles. The number of β-amino-alcohol motifs (C(OH)–C–C–N with tert-alkyl or cyclic N) is 1. The van der Waals surface area contributed by atoms with Gasteiger partial charge in [0.25, 0.3) is 5.91 Å². The summed E-state index contributed by atoms with van der Waals surface area (Å²) < 4.78 is 24.8. The Morgan fingerprint density at radius 1 is 1.29 bits per heavy atom. The van der Waals surface area contributed by atoms with E-state index in [9.17, 15) is 14.3 Å². The van der Waals surface area contributed by atoms with E-state index in [-0.39, 0.29) is 17.5 Å². The number of oxazole rings is 1. The number of halogens is 1. The molecule has 0 saturated carbocycles. The zero-order chi connectivity index (χ0) is 22.4. The van der Waals surface area contributed by atoms with Crippen LogP contribution in [0.3, 0.4) is 0 Å². The molecule has 2 heterocycles. The van der Waals surface area contributed by atoms with Crippen LogP contribution in [0.25, 0.3) is 0 Å². The van der Waals surface area contributed by atoms with Crippen LogP contribution < -0.4 is 5.32 Å². The van der Waals surface area contributed by atoms with Crippen LogP contribution in [0, 0.1) is 12.7 Å². The third-order valence-electron chi connectivity index (χ3n) is 5.07. The molecular weight excluding hydrogens is 403 g/mol. The van der Waals surface area contributed by atoms with Gasteiger partial charge in [-0.2, -0.15) is 0 Å². The molecule has 1 saturated heterocycles. The van der Waals surface area contributed by atoms with Gasteiger partial charge in [-0.05, 0) is 38.5 Å². The van der Waals surface area contributed by atoms with Crippen LogP contribution in [0.15, 0.2) is 28.9 Å². The maximum absolute atomic E-state index is 13.9. The summed E-state index contributed by atoms with van der Waals surface area (Å²) in [6.45, 7) is 10.4. The van der Waals surface area contributed by atoms with Crippen molar-refractivity contribution in [3.05, 3.63) is 47.4 Å². The summed E-state index contributed by atoms with van der Waals surface area (Å²) in [7, 11) is 0. The molecule has 2 aromatic rings. The molecule has 2 N–H and O–H groups in total. The van der Waals surface area contributed by atoms with Crippen LogP contribution in [0.5, 0.6) is 0 Å². The lowest BCUT2D eigenvalue weighted by Crippen LogP contribution is -2.48. The highest BCUT2D eigenvalue weighted by atomic mass is 19.1. The molecule has 1 aliphatic heterocycles. The molecule has 9 heteroatoms. The lowest BCUT2D eigenvalue weighted by Gasteiger charge is -2.35. The number of aliphatic hydroxyl groups is 1. The number of carbonyl (C=O) groups excluding carboxylic acids is 1. The van der Waals surface area contributed by atoms with Crippen molar-refractivity contribution in [1.29, 1.82) is 0 Å². The van der Waals surface area contributed by atoms with Crippen molar-refractivity contribution in [2.24, 2.45) is 0 Å². The topological polar surface area (TPSA) is 91.1 Å². The van der Waals surface area contributed by atoms with Crippen molar-refractivity contribution in [3.63, 3.8) is 0 Å². The van der Waals surface area contributed by atoms with Crippen LogP contribution >= 0.6 is 0 Å². The number of rotatable bonds is 9. The van der Waals surface area contributed by atoms with Crippen LogP contribution in [-0.4, -0.2) is 77.3 Å². The van der Waals surface area contributed by atoms with Crippen molar-refractivity contribution in [2.45, 2.75) is 39.5 Å². The van der Waals surface area contributed by atoms with Gasteiger partial charge in [-0.1, -0.05) is 6.07 Å². The third-order valence-corrected chi connectivity index (χ3v) is 5.07. The van der Waals surface area contributed by atoms with Gasteiger partial charge in [-0.15, -0.1) is 0 Å². The molecule has 8 nitrogen and oxygen atoms in total. The van der Waals surface area contributed by atoms with E-state index >= 15 is 0 Å². The molecule has 31 heavy (non-hydrogen) atoms. The zero-order valence-corrected chi connectivity index (χ0v) is 18.3. The number of aryl methyl sites for hydroxylation is 1. The summed E-state index contributed by atoms with van der Waals surface area (Å²) in [5, 5.41) is 12.6. The maximum atomic E-state index is 13.9. The van der Waals surface area contributed by atoms with Crippen LogP contribution in [0.1, 0.15) is 35.8 Å². The standard InChI is InChI=1S/C22H31FN4O4/c1-15(2)30-13-17(28)11-26-6-8-27(9-7-26)12-21-24-20(14-31-21)22(29)25-19-10-16(3)4-5-18(19)23/h4-5,10,14-15,17,28H,6-9,11-13H2,1-3H3,(H,25,29). The largest absolute Gasteiger partial charge is 0.447 e. The first-order chi connectivity index (χ1) is 14.8. The zero-order valence-electron chi connectivity index (χ0n) is 18.3. The van der Waals surface area contributed by atoms with Gasteiger partial charge in [0.1, 0.15) is 12.1 Å². The van der Waals surface area contributed by atoms with Crippen molar-refractivity contribution in [2.75, 3.05) is 44.6 Å². The van der Waals surface area contributed by atoms with Gasteiger partial charge in [0.05, 0.1) is 31.0 Å². The Morgan fingerprint density at radius 2 is 2.00 bits per heavy atom. The van der Waals surface area contributed by atoms with Gasteiger partial charge < -0.3 is 19.6 Å². The van der Waals surface area contributed by atoms with E-state index < -0.39 is 17.8 Å². The van der Waals surface area contributed by atoms with Gasteiger partial charge in [0.2, 0.25) is 5.89 Å². The summed E-state index contributed by atoms with van der Waals surface area (Å²) >= 11 is 0. The van der Waals surface area contributed by atoms with Crippen LogP contribution in [0.2, 0.25) is 0 Å². The summed E-state index contributed by atoms with van der Waals surface area (Å²) in [5.74, 6) is -0.572. The van der Waals surface area contributed by atoms with Crippen LogP contribution in [-0.2, 0) is 11.3 Å². The van der Waals surface area contributed by atoms with E-state index in [1.807, 2.05) is 20.8 Å². The number of nitrogens with zero attached hydrogens (tertiary/aromatic N) is 3. The average Bonchev–Trinajstić information content (AvgIpc) is 3.19. The lowest BCUT2D eigenvalue weighted by molar-refractivity contribution is -0.0151. The van der Waals surface area contributed by atoms with Crippen molar-refractivity contribution < 1.29 is 23.4 Å². The third kappa shape index (κ3) is 7.10. The number of benzene rings is 1. The van der Waals surface area contributed by atoms with Gasteiger partial charge >= 0.3 is 0 Å². The molecule has 1 aromatic heterocycles. The SMILES string of the molecule is Cc1ccc(F)c(NC(=O)c2coc(CN3CCN(CC(O)COC(C)C)CC3)n2)c1. The van der Waals surface area contributed by atoms with E-state index in [1.165, 1.54) is 12.3 Å². The first-order valence-corrected chi connectivity index (χ1v) is 10.6. The number of piperazine rings is 1. The highest BCUT2D eigenvalue weighted by molar-refractivity contribution is 6.02. The number of hydrogen-bond donors (Lipinski definition) is 2. The molecule has 3 rings (SSSR count). The number of anilines is 1. The molecule has 1 fully saturated rings. The second-order valence-electron chi connectivity index (χ2n) is 8.18. The Hall–Kier alpha value is -2.33. The maximum Gasteiger partial charge on any atom is 0.277 e. The Kier molecular flexibility index (Phi) is 8.14. The van der Waals surface area contributed by atoms with Crippen molar-refractivity contribution >= 4 is 11.6 Å². The van der Waals surface area contributed by atoms with E-state index in [2.05, 4.69) is 20.1 Å². The summed E-state index contributed by atoms with van der Waals surface area (Å²) in [4.78, 5) is 21.0. The number of amides is 1. The van der Waals surface area contributed by atoms with E-state index in [1.54, 1.807) is 12.1 Å². The van der Waals surface area contributed by atoms with Gasteiger partial charge in [0, 0.05) is 32.7 Å². The minimum Gasteiger partial charge on any atom is -0.447 e. The van der Waals surface area contributed by atoms with Gasteiger partial charge in [-0.3, -0.25) is 14.6 Å². The van der Waals surface area contributed by atoms with E-state index in [0.29, 0.717) is 25.6 Å². The molecule has 0 radical (unpaired) electrons.